The van der Waals surface area contributed by atoms with Gasteiger partial charge in [-0.25, -0.2) is 0 Å². The van der Waals surface area contributed by atoms with Gasteiger partial charge in [0.1, 0.15) is 0 Å². The molecule has 4 nitrogen and oxygen atoms in total. The molecule has 0 saturated carbocycles. The van der Waals surface area contributed by atoms with Crippen molar-refractivity contribution < 1.29 is 9.90 Å². The minimum atomic E-state index is -0.530. The average Bonchev–Trinajstić information content (AvgIpc) is 2.93. The summed E-state index contributed by atoms with van der Waals surface area (Å²) in [7, 11) is 1.91. The first-order valence-electron chi connectivity index (χ1n) is 7.96. The molecule has 0 radical (unpaired) electrons. The van der Waals surface area contributed by atoms with Crippen molar-refractivity contribution in [2.24, 2.45) is 0 Å². The maximum Gasteiger partial charge on any atom is 0.230 e. The van der Waals surface area contributed by atoms with E-state index in [0.29, 0.717) is 0 Å². The van der Waals surface area contributed by atoms with E-state index in [1.54, 1.807) is 0 Å². The van der Waals surface area contributed by atoms with Crippen molar-refractivity contribution in [2.45, 2.75) is 24.4 Å². The number of rotatable bonds is 5. The molecule has 120 valence electrons. The first-order chi connectivity index (χ1) is 11.2. The molecule has 0 heterocycles. The fourth-order valence-electron chi connectivity index (χ4n) is 3.39. The van der Waals surface area contributed by atoms with E-state index in [1.165, 1.54) is 11.1 Å². The van der Waals surface area contributed by atoms with Gasteiger partial charge in [0.05, 0.1) is 24.6 Å². The number of hydrogen-bond donors (Lipinski definition) is 3. The van der Waals surface area contributed by atoms with Crippen molar-refractivity contribution in [1.29, 1.82) is 0 Å². The smallest absolute Gasteiger partial charge is 0.230 e. The third-order valence-electron chi connectivity index (χ3n) is 4.57. The maximum absolute atomic E-state index is 12.6. The van der Waals surface area contributed by atoms with Gasteiger partial charge in [-0.05, 0) is 30.2 Å². The summed E-state index contributed by atoms with van der Waals surface area (Å²) >= 11 is 0. The van der Waals surface area contributed by atoms with E-state index in [9.17, 15) is 9.90 Å². The lowest BCUT2D eigenvalue weighted by Crippen LogP contribution is -2.44. The lowest BCUT2D eigenvalue weighted by atomic mass is 9.98. The van der Waals surface area contributed by atoms with Crippen LogP contribution in [0.3, 0.4) is 0 Å². The largest absolute Gasteiger partial charge is 0.395 e. The van der Waals surface area contributed by atoms with Gasteiger partial charge in [-0.3, -0.25) is 4.79 Å². The molecule has 0 spiro atoms. The Morgan fingerprint density at radius 1 is 1.17 bits per heavy atom. The average molecular weight is 310 g/mol. The summed E-state index contributed by atoms with van der Waals surface area (Å²) in [5.41, 5.74) is 3.34. The number of carbonyl (C=O) groups is 1. The lowest BCUT2D eigenvalue weighted by molar-refractivity contribution is -0.124. The summed E-state index contributed by atoms with van der Waals surface area (Å²) in [6, 6.07) is 17.8. The molecule has 3 N–H and O–H groups in total. The summed E-state index contributed by atoms with van der Waals surface area (Å²) < 4.78 is 0. The summed E-state index contributed by atoms with van der Waals surface area (Å²) in [5.74, 6) is -0.658. The summed E-state index contributed by atoms with van der Waals surface area (Å²) in [5, 5.41) is 16.1. The molecule has 4 heteroatoms. The zero-order valence-corrected chi connectivity index (χ0v) is 13.2. The molecule has 0 bridgehead atoms. The molecule has 0 aromatic heterocycles. The highest BCUT2D eigenvalue weighted by Gasteiger charge is 2.33. The van der Waals surface area contributed by atoms with Crippen LogP contribution in [0.1, 0.15) is 28.7 Å². The molecule has 0 fully saturated rings. The zero-order chi connectivity index (χ0) is 16.2. The fraction of sp³-hybridized carbons (Fsp3) is 0.316. The Bertz CT molecular complexity index is 672. The van der Waals surface area contributed by atoms with Crippen molar-refractivity contribution in [3.63, 3.8) is 0 Å². The summed E-state index contributed by atoms with van der Waals surface area (Å²) in [4.78, 5) is 12.6. The van der Waals surface area contributed by atoms with Crippen molar-refractivity contribution >= 4 is 5.91 Å². The number of carbonyl (C=O) groups excluding carboxylic acids is 1. The molecular formula is C19H22N2O2. The van der Waals surface area contributed by atoms with Gasteiger partial charge in [0.15, 0.2) is 0 Å². The van der Waals surface area contributed by atoms with E-state index in [2.05, 4.69) is 22.8 Å². The van der Waals surface area contributed by atoms with Crippen molar-refractivity contribution in [2.75, 3.05) is 13.7 Å². The molecule has 2 aromatic rings. The maximum atomic E-state index is 12.6. The minimum absolute atomic E-state index is 0.00247. The highest BCUT2D eigenvalue weighted by atomic mass is 16.3. The van der Waals surface area contributed by atoms with Gasteiger partial charge in [-0.15, -0.1) is 0 Å². The Labute approximate surface area is 136 Å². The molecule has 1 aliphatic carbocycles. The molecule has 3 atom stereocenters. The highest BCUT2D eigenvalue weighted by molar-refractivity contribution is 5.84. The second kappa shape index (κ2) is 6.94. The minimum Gasteiger partial charge on any atom is -0.395 e. The Hall–Kier alpha value is -2.17. The number of nitrogens with one attached hydrogen (secondary N) is 2. The van der Waals surface area contributed by atoms with Crippen LogP contribution in [-0.4, -0.2) is 30.7 Å². The van der Waals surface area contributed by atoms with Crippen molar-refractivity contribution in [1.82, 2.24) is 10.6 Å². The zero-order valence-electron chi connectivity index (χ0n) is 13.2. The molecule has 3 rings (SSSR count). The third kappa shape index (κ3) is 3.14. The quantitative estimate of drug-likeness (QED) is 0.789. The van der Waals surface area contributed by atoms with Gasteiger partial charge in [0.25, 0.3) is 0 Å². The Morgan fingerprint density at radius 2 is 1.87 bits per heavy atom. The van der Waals surface area contributed by atoms with E-state index in [0.717, 1.165) is 12.0 Å². The predicted molar refractivity (Wildman–Crippen MR) is 90.1 cm³/mol. The predicted octanol–water partition coefficient (Wildman–Crippen LogP) is 1.76. The molecule has 1 aliphatic rings. The first kappa shape index (κ1) is 15.7. The van der Waals surface area contributed by atoms with Gasteiger partial charge in [-0.2, -0.15) is 0 Å². The van der Waals surface area contributed by atoms with Crippen LogP contribution in [-0.2, 0) is 11.2 Å². The summed E-state index contributed by atoms with van der Waals surface area (Å²) in [6.07, 6.45) is 0.806. The number of aliphatic hydroxyl groups is 1. The topological polar surface area (TPSA) is 61.4 Å². The highest BCUT2D eigenvalue weighted by Crippen LogP contribution is 2.31. The van der Waals surface area contributed by atoms with Gasteiger partial charge >= 0.3 is 0 Å². The molecule has 2 aromatic carbocycles. The van der Waals surface area contributed by atoms with E-state index < -0.39 is 5.92 Å². The SMILES string of the molecule is CNC1c2ccccc2C[C@@H]1NC(=O)C(CO)c1ccccc1. The lowest BCUT2D eigenvalue weighted by Gasteiger charge is -2.24. The van der Waals surface area contributed by atoms with Crippen LogP contribution in [0, 0.1) is 0 Å². The summed E-state index contributed by atoms with van der Waals surface area (Å²) in [6.45, 7) is -0.195. The van der Waals surface area contributed by atoms with E-state index in [1.807, 2.05) is 49.5 Å². The van der Waals surface area contributed by atoms with Crippen molar-refractivity contribution in [3.05, 3.63) is 71.3 Å². The Kier molecular flexibility index (Phi) is 4.74. The Balaban J connectivity index is 1.75. The van der Waals surface area contributed by atoms with Crippen LogP contribution in [0.25, 0.3) is 0 Å². The standard InChI is InChI=1S/C19H22N2O2/c1-20-18-15-10-6-5-9-14(15)11-17(18)21-19(23)16(12-22)13-7-3-2-4-8-13/h2-10,16-18,20,22H,11-12H2,1H3,(H,21,23)/t16?,17-,18?/m0/s1. The second-order valence-corrected chi connectivity index (χ2v) is 5.93. The number of hydrogen-bond acceptors (Lipinski definition) is 3. The molecule has 23 heavy (non-hydrogen) atoms. The van der Waals surface area contributed by atoms with Crippen LogP contribution in [0.5, 0.6) is 0 Å². The number of benzene rings is 2. The van der Waals surface area contributed by atoms with Gasteiger partial charge in [0, 0.05) is 0 Å². The number of likely N-dealkylation sites (N-methyl/N-ethyl adjacent to an activating group) is 1. The van der Waals surface area contributed by atoms with E-state index >= 15 is 0 Å². The first-order valence-corrected chi connectivity index (χ1v) is 7.96. The monoisotopic (exact) mass is 310 g/mol. The third-order valence-corrected chi connectivity index (χ3v) is 4.57. The van der Waals surface area contributed by atoms with E-state index in [-0.39, 0.29) is 24.6 Å². The van der Waals surface area contributed by atoms with Crippen LogP contribution >= 0.6 is 0 Å². The van der Waals surface area contributed by atoms with Crippen LogP contribution in [0.15, 0.2) is 54.6 Å². The normalized spacial score (nSPS) is 20.8. The van der Waals surface area contributed by atoms with Gasteiger partial charge in [-0.1, -0.05) is 54.6 Å². The van der Waals surface area contributed by atoms with Gasteiger partial charge < -0.3 is 15.7 Å². The van der Waals surface area contributed by atoms with Gasteiger partial charge in [0.2, 0.25) is 5.91 Å². The molecule has 2 unspecified atom stereocenters. The molecular weight excluding hydrogens is 288 g/mol. The number of aliphatic hydroxyl groups excluding tert-OH is 1. The van der Waals surface area contributed by atoms with Crippen LogP contribution in [0.4, 0.5) is 0 Å². The number of amides is 1. The van der Waals surface area contributed by atoms with Crippen LogP contribution < -0.4 is 10.6 Å². The molecule has 0 aliphatic heterocycles. The van der Waals surface area contributed by atoms with Crippen LogP contribution in [0.2, 0.25) is 0 Å². The molecule has 1 amide bonds. The molecule has 0 saturated heterocycles. The van der Waals surface area contributed by atoms with E-state index in [4.69, 9.17) is 0 Å². The second-order valence-electron chi connectivity index (χ2n) is 5.93. The van der Waals surface area contributed by atoms with Crippen molar-refractivity contribution in [3.8, 4) is 0 Å². The fourth-order valence-corrected chi connectivity index (χ4v) is 3.39. The number of fused-ring (bicyclic) bond motifs is 1. The Morgan fingerprint density at radius 3 is 2.57 bits per heavy atom.